The van der Waals surface area contributed by atoms with Crippen molar-refractivity contribution >= 4 is 10.9 Å². The molecule has 1 aromatic carbocycles. The fourth-order valence-corrected chi connectivity index (χ4v) is 2.00. The minimum atomic E-state index is -0.325. The lowest BCUT2D eigenvalue weighted by atomic mass is 10.1. The third-order valence-electron chi connectivity index (χ3n) is 2.75. The number of H-pyrrole nitrogens is 1. The predicted molar refractivity (Wildman–Crippen MR) is 58.9 cm³/mol. The van der Waals surface area contributed by atoms with E-state index in [0.29, 0.717) is 5.75 Å². The van der Waals surface area contributed by atoms with Gasteiger partial charge in [0.1, 0.15) is 0 Å². The monoisotopic (exact) mass is 207 g/mol. The van der Waals surface area contributed by atoms with Crippen molar-refractivity contribution in [3.05, 3.63) is 29.2 Å². The van der Waals surface area contributed by atoms with Gasteiger partial charge in [0, 0.05) is 22.7 Å². The van der Waals surface area contributed by atoms with E-state index in [1.807, 2.05) is 6.92 Å². The molecule has 0 saturated heterocycles. The summed E-state index contributed by atoms with van der Waals surface area (Å²) in [7, 11) is 1.48. The highest BCUT2D eigenvalue weighted by molar-refractivity contribution is 5.86. The molecule has 0 aliphatic carbocycles. The van der Waals surface area contributed by atoms with Crippen LogP contribution >= 0.6 is 0 Å². The van der Waals surface area contributed by atoms with Gasteiger partial charge in [0.05, 0.1) is 7.11 Å². The van der Waals surface area contributed by atoms with Crippen molar-refractivity contribution in [2.24, 2.45) is 0 Å². The Kier molecular flexibility index (Phi) is 2.39. The SMILES string of the molecule is CCc1c(C)[nH]c2cc(F)c(OC)cc12. The number of fused-ring (bicyclic) bond motifs is 1. The molecule has 1 heterocycles. The van der Waals surface area contributed by atoms with Gasteiger partial charge in [-0.05, 0) is 25.0 Å². The highest BCUT2D eigenvalue weighted by Gasteiger charge is 2.11. The Morgan fingerprint density at radius 1 is 1.40 bits per heavy atom. The molecule has 0 aliphatic rings. The number of halogens is 1. The molecule has 0 amide bonds. The highest BCUT2D eigenvalue weighted by Crippen LogP contribution is 2.28. The molecular formula is C12H14FNO. The molecule has 2 rings (SSSR count). The molecule has 0 saturated carbocycles. The van der Waals surface area contributed by atoms with Crippen LogP contribution in [0.3, 0.4) is 0 Å². The molecule has 2 aromatic rings. The van der Waals surface area contributed by atoms with E-state index in [1.54, 1.807) is 6.07 Å². The molecule has 80 valence electrons. The molecule has 2 nitrogen and oxygen atoms in total. The van der Waals surface area contributed by atoms with Crippen LogP contribution < -0.4 is 4.74 Å². The number of aromatic amines is 1. The number of hydrogen-bond donors (Lipinski definition) is 1. The topological polar surface area (TPSA) is 25.0 Å². The van der Waals surface area contributed by atoms with E-state index in [0.717, 1.165) is 23.0 Å². The zero-order valence-electron chi connectivity index (χ0n) is 9.15. The van der Waals surface area contributed by atoms with Gasteiger partial charge in [-0.25, -0.2) is 4.39 Å². The van der Waals surface area contributed by atoms with Crippen LogP contribution in [-0.4, -0.2) is 12.1 Å². The van der Waals surface area contributed by atoms with Gasteiger partial charge in [-0.1, -0.05) is 6.92 Å². The Morgan fingerprint density at radius 3 is 2.73 bits per heavy atom. The van der Waals surface area contributed by atoms with Crippen LogP contribution in [0.5, 0.6) is 5.75 Å². The molecule has 0 atom stereocenters. The molecule has 0 bridgehead atoms. The lowest BCUT2D eigenvalue weighted by Gasteiger charge is -2.02. The number of nitrogens with one attached hydrogen (secondary N) is 1. The van der Waals surface area contributed by atoms with Crippen molar-refractivity contribution in [2.45, 2.75) is 20.3 Å². The van der Waals surface area contributed by atoms with E-state index in [2.05, 4.69) is 11.9 Å². The van der Waals surface area contributed by atoms with Crippen LogP contribution in [0.1, 0.15) is 18.2 Å². The second-order valence-electron chi connectivity index (χ2n) is 3.61. The molecule has 0 spiro atoms. The third-order valence-corrected chi connectivity index (χ3v) is 2.75. The lowest BCUT2D eigenvalue weighted by Crippen LogP contribution is -1.88. The summed E-state index contributed by atoms with van der Waals surface area (Å²) in [6.07, 6.45) is 0.931. The van der Waals surface area contributed by atoms with E-state index in [9.17, 15) is 4.39 Å². The van der Waals surface area contributed by atoms with E-state index >= 15 is 0 Å². The molecule has 15 heavy (non-hydrogen) atoms. The Hall–Kier alpha value is -1.51. The minimum absolute atomic E-state index is 0.302. The van der Waals surface area contributed by atoms with E-state index in [4.69, 9.17) is 4.74 Å². The van der Waals surface area contributed by atoms with Gasteiger partial charge >= 0.3 is 0 Å². The first kappa shape index (κ1) is 10.0. The molecule has 1 aromatic heterocycles. The zero-order chi connectivity index (χ0) is 11.0. The Bertz CT molecular complexity index is 502. The first-order valence-corrected chi connectivity index (χ1v) is 5.02. The summed E-state index contributed by atoms with van der Waals surface area (Å²) in [6, 6.07) is 3.24. The summed E-state index contributed by atoms with van der Waals surface area (Å²) in [6.45, 7) is 4.09. The van der Waals surface area contributed by atoms with Crippen LogP contribution in [0.4, 0.5) is 4.39 Å². The largest absolute Gasteiger partial charge is 0.494 e. The first-order chi connectivity index (χ1) is 7.17. The quantitative estimate of drug-likeness (QED) is 0.803. The van der Waals surface area contributed by atoms with Gasteiger partial charge < -0.3 is 9.72 Å². The van der Waals surface area contributed by atoms with Crippen LogP contribution in [0.15, 0.2) is 12.1 Å². The summed E-state index contributed by atoms with van der Waals surface area (Å²) >= 11 is 0. The van der Waals surface area contributed by atoms with E-state index in [-0.39, 0.29) is 5.82 Å². The maximum absolute atomic E-state index is 13.4. The second-order valence-corrected chi connectivity index (χ2v) is 3.61. The summed E-state index contributed by atoms with van der Waals surface area (Å²) < 4.78 is 18.4. The smallest absolute Gasteiger partial charge is 0.167 e. The second kappa shape index (κ2) is 3.57. The first-order valence-electron chi connectivity index (χ1n) is 5.02. The Morgan fingerprint density at radius 2 is 2.13 bits per heavy atom. The number of hydrogen-bond acceptors (Lipinski definition) is 1. The predicted octanol–water partition coefficient (Wildman–Crippen LogP) is 3.19. The third kappa shape index (κ3) is 1.48. The van der Waals surface area contributed by atoms with E-state index in [1.165, 1.54) is 18.7 Å². The molecule has 0 radical (unpaired) electrons. The lowest BCUT2D eigenvalue weighted by molar-refractivity contribution is 0.387. The van der Waals surface area contributed by atoms with Crippen molar-refractivity contribution in [1.29, 1.82) is 0 Å². The van der Waals surface area contributed by atoms with Gasteiger partial charge in [-0.2, -0.15) is 0 Å². The molecular weight excluding hydrogens is 193 g/mol. The van der Waals surface area contributed by atoms with Gasteiger partial charge in [0.25, 0.3) is 0 Å². The van der Waals surface area contributed by atoms with Crippen LogP contribution in [0, 0.1) is 12.7 Å². The molecule has 0 unspecified atom stereocenters. The average molecular weight is 207 g/mol. The maximum Gasteiger partial charge on any atom is 0.167 e. The van der Waals surface area contributed by atoms with Crippen molar-refractivity contribution < 1.29 is 9.13 Å². The fourth-order valence-electron chi connectivity index (χ4n) is 2.00. The average Bonchev–Trinajstić information content (AvgIpc) is 2.51. The number of rotatable bonds is 2. The fraction of sp³-hybridized carbons (Fsp3) is 0.333. The number of aromatic nitrogens is 1. The van der Waals surface area contributed by atoms with Crippen LogP contribution in [0.25, 0.3) is 10.9 Å². The summed E-state index contributed by atoms with van der Waals surface area (Å²) in [5.74, 6) is -0.0231. The summed E-state index contributed by atoms with van der Waals surface area (Å²) in [5, 5.41) is 1.05. The summed E-state index contributed by atoms with van der Waals surface area (Å²) in [4.78, 5) is 3.17. The van der Waals surface area contributed by atoms with Gasteiger partial charge in [0.2, 0.25) is 0 Å². The number of benzene rings is 1. The number of aryl methyl sites for hydroxylation is 2. The molecule has 3 heteroatoms. The van der Waals surface area contributed by atoms with Crippen molar-refractivity contribution in [1.82, 2.24) is 4.98 Å². The van der Waals surface area contributed by atoms with Crippen LogP contribution in [-0.2, 0) is 6.42 Å². The Balaban J connectivity index is 2.76. The van der Waals surface area contributed by atoms with Crippen molar-refractivity contribution in [3.63, 3.8) is 0 Å². The normalized spacial score (nSPS) is 10.9. The number of ether oxygens (including phenoxy) is 1. The van der Waals surface area contributed by atoms with Gasteiger partial charge in [0.15, 0.2) is 11.6 Å². The van der Waals surface area contributed by atoms with Gasteiger partial charge in [-0.3, -0.25) is 0 Å². The van der Waals surface area contributed by atoms with Crippen molar-refractivity contribution in [3.8, 4) is 5.75 Å². The van der Waals surface area contributed by atoms with Crippen molar-refractivity contribution in [2.75, 3.05) is 7.11 Å². The highest BCUT2D eigenvalue weighted by atomic mass is 19.1. The minimum Gasteiger partial charge on any atom is -0.494 e. The molecule has 0 fully saturated rings. The standard InChI is InChI=1S/C12H14FNO/c1-4-8-7(2)14-11-6-10(13)12(15-3)5-9(8)11/h5-6,14H,4H2,1-3H3. The molecule has 0 aliphatic heterocycles. The maximum atomic E-state index is 13.4. The van der Waals surface area contributed by atoms with Gasteiger partial charge in [-0.15, -0.1) is 0 Å². The Labute approximate surface area is 88.1 Å². The van der Waals surface area contributed by atoms with Crippen LogP contribution in [0.2, 0.25) is 0 Å². The molecule has 1 N–H and O–H groups in total. The zero-order valence-corrected chi connectivity index (χ0v) is 9.15. The summed E-state index contributed by atoms with van der Waals surface area (Å²) in [5.41, 5.74) is 3.16. The number of methoxy groups -OCH3 is 1. The van der Waals surface area contributed by atoms with E-state index < -0.39 is 0 Å².